The van der Waals surface area contributed by atoms with E-state index in [9.17, 15) is 0 Å². The van der Waals surface area contributed by atoms with E-state index in [1.807, 2.05) is 0 Å². The first-order chi connectivity index (χ1) is 9.31. The van der Waals surface area contributed by atoms with Gasteiger partial charge >= 0.3 is 0 Å². The molecule has 2 rings (SSSR count). The molecule has 112 valence electrons. The molecule has 0 bridgehead atoms. The highest BCUT2D eigenvalue weighted by Gasteiger charge is 2.37. The Kier molecular flexibility index (Phi) is 6.62. The summed E-state index contributed by atoms with van der Waals surface area (Å²) in [5.74, 6) is 2.62. The smallest absolute Gasteiger partial charge is 0.0594 e. The Labute approximate surface area is 118 Å². The Morgan fingerprint density at radius 2 is 2.00 bits per heavy atom. The van der Waals surface area contributed by atoms with E-state index in [2.05, 4.69) is 18.7 Å². The normalized spacial score (nSPS) is 32.2. The zero-order valence-electron chi connectivity index (χ0n) is 12.8. The summed E-state index contributed by atoms with van der Waals surface area (Å²) in [6.45, 7) is 12.0. The average molecular weight is 269 g/mol. The highest BCUT2D eigenvalue weighted by Crippen LogP contribution is 2.42. The molecule has 0 spiro atoms. The molecule has 3 nitrogen and oxygen atoms in total. The standard InChI is InChI=1S/C16H31NO2/c1-3-4-9-19-13-16-12-15(14(16)2)5-6-17-7-10-18-11-8-17/h14-16H,3-13H2,1-2H3/t14-,15-,16-/m0/s1. The predicted molar refractivity (Wildman–Crippen MR) is 78.4 cm³/mol. The summed E-state index contributed by atoms with van der Waals surface area (Å²) in [6, 6.07) is 0. The van der Waals surface area contributed by atoms with Gasteiger partial charge in [-0.1, -0.05) is 20.3 Å². The molecule has 0 aromatic carbocycles. The van der Waals surface area contributed by atoms with Crippen LogP contribution in [0.2, 0.25) is 0 Å². The number of ether oxygens (including phenoxy) is 2. The van der Waals surface area contributed by atoms with E-state index < -0.39 is 0 Å². The van der Waals surface area contributed by atoms with E-state index in [0.29, 0.717) is 0 Å². The van der Waals surface area contributed by atoms with Gasteiger partial charge in [-0.15, -0.1) is 0 Å². The molecule has 2 aliphatic rings. The Hall–Kier alpha value is -0.120. The number of rotatable bonds is 8. The fourth-order valence-electron chi connectivity index (χ4n) is 3.26. The Bertz CT molecular complexity index is 241. The molecule has 0 radical (unpaired) electrons. The van der Waals surface area contributed by atoms with E-state index in [0.717, 1.165) is 57.3 Å². The molecule has 1 saturated heterocycles. The summed E-state index contributed by atoms with van der Waals surface area (Å²) >= 11 is 0. The highest BCUT2D eigenvalue weighted by molar-refractivity contribution is 4.87. The second kappa shape index (κ2) is 8.23. The van der Waals surface area contributed by atoms with Crippen LogP contribution in [0, 0.1) is 17.8 Å². The lowest BCUT2D eigenvalue weighted by Gasteiger charge is -2.44. The molecule has 1 saturated carbocycles. The lowest BCUT2D eigenvalue weighted by Crippen LogP contribution is -2.42. The topological polar surface area (TPSA) is 21.7 Å². The van der Waals surface area contributed by atoms with E-state index in [1.165, 1.54) is 32.2 Å². The van der Waals surface area contributed by atoms with Crippen molar-refractivity contribution in [2.24, 2.45) is 17.8 Å². The summed E-state index contributed by atoms with van der Waals surface area (Å²) in [7, 11) is 0. The quantitative estimate of drug-likeness (QED) is 0.633. The molecule has 3 heteroatoms. The van der Waals surface area contributed by atoms with Gasteiger partial charge in [-0.25, -0.2) is 0 Å². The maximum atomic E-state index is 5.76. The number of morpholine rings is 1. The largest absolute Gasteiger partial charge is 0.381 e. The van der Waals surface area contributed by atoms with Crippen LogP contribution in [-0.2, 0) is 9.47 Å². The summed E-state index contributed by atoms with van der Waals surface area (Å²) in [4.78, 5) is 2.56. The van der Waals surface area contributed by atoms with Crippen molar-refractivity contribution < 1.29 is 9.47 Å². The van der Waals surface area contributed by atoms with Gasteiger partial charge in [-0.3, -0.25) is 4.90 Å². The first-order valence-electron chi connectivity index (χ1n) is 8.19. The van der Waals surface area contributed by atoms with Gasteiger partial charge in [0.2, 0.25) is 0 Å². The van der Waals surface area contributed by atoms with Crippen molar-refractivity contribution >= 4 is 0 Å². The molecule has 19 heavy (non-hydrogen) atoms. The van der Waals surface area contributed by atoms with Crippen LogP contribution >= 0.6 is 0 Å². The minimum Gasteiger partial charge on any atom is -0.381 e. The first kappa shape index (κ1) is 15.3. The van der Waals surface area contributed by atoms with Gasteiger partial charge in [0.15, 0.2) is 0 Å². The van der Waals surface area contributed by atoms with Gasteiger partial charge in [0.05, 0.1) is 13.2 Å². The van der Waals surface area contributed by atoms with Crippen LogP contribution in [0.15, 0.2) is 0 Å². The van der Waals surface area contributed by atoms with Crippen molar-refractivity contribution in [1.82, 2.24) is 4.90 Å². The average Bonchev–Trinajstić information content (AvgIpc) is 2.45. The van der Waals surface area contributed by atoms with Crippen LogP contribution in [0.5, 0.6) is 0 Å². The van der Waals surface area contributed by atoms with Gasteiger partial charge in [0, 0.05) is 26.3 Å². The third kappa shape index (κ3) is 4.73. The van der Waals surface area contributed by atoms with Crippen molar-refractivity contribution in [3.8, 4) is 0 Å². The minimum absolute atomic E-state index is 0.826. The second-order valence-corrected chi connectivity index (χ2v) is 6.29. The third-order valence-electron chi connectivity index (χ3n) is 4.99. The van der Waals surface area contributed by atoms with Crippen LogP contribution in [0.3, 0.4) is 0 Å². The van der Waals surface area contributed by atoms with E-state index >= 15 is 0 Å². The number of hydrogen-bond acceptors (Lipinski definition) is 3. The molecule has 0 aromatic heterocycles. The lowest BCUT2D eigenvalue weighted by atomic mass is 9.65. The van der Waals surface area contributed by atoms with Crippen molar-refractivity contribution in [2.45, 2.75) is 39.5 Å². The van der Waals surface area contributed by atoms with E-state index in [-0.39, 0.29) is 0 Å². The van der Waals surface area contributed by atoms with Gasteiger partial charge < -0.3 is 9.47 Å². The molecular formula is C16H31NO2. The molecule has 1 aliphatic heterocycles. The molecule has 0 unspecified atom stereocenters. The van der Waals surface area contributed by atoms with Crippen LogP contribution in [0.4, 0.5) is 0 Å². The monoisotopic (exact) mass is 269 g/mol. The molecule has 1 aliphatic carbocycles. The summed E-state index contributed by atoms with van der Waals surface area (Å²) < 4.78 is 11.2. The van der Waals surface area contributed by atoms with Crippen LogP contribution in [0.25, 0.3) is 0 Å². The fourth-order valence-corrected chi connectivity index (χ4v) is 3.26. The van der Waals surface area contributed by atoms with Gasteiger partial charge in [0.25, 0.3) is 0 Å². The fraction of sp³-hybridized carbons (Fsp3) is 1.00. The summed E-state index contributed by atoms with van der Waals surface area (Å²) in [5.41, 5.74) is 0. The number of nitrogens with zero attached hydrogens (tertiary/aromatic N) is 1. The molecule has 1 heterocycles. The van der Waals surface area contributed by atoms with Crippen LogP contribution in [0.1, 0.15) is 39.5 Å². The maximum absolute atomic E-state index is 5.76. The van der Waals surface area contributed by atoms with Crippen molar-refractivity contribution in [3.05, 3.63) is 0 Å². The van der Waals surface area contributed by atoms with Crippen LogP contribution in [-0.4, -0.2) is 51.0 Å². The van der Waals surface area contributed by atoms with Crippen molar-refractivity contribution in [3.63, 3.8) is 0 Å². The van der Waals surface area contributed by atoms with Crippen molar-refractivity contribution in [1.29, 1.82) is 0 Å². The number of unbranched alkanes of at least 4 members (excludes halogenated alkanes) is 1. The lowest BCUT2D eigenvalue weighted by molar-refractivity contribution is -0.0166. The molecule has 0 aromatic rings. The zero-order valence-corrected chi connectivity index (χ0v) is 12.8. The van der Waals surface area contributed by atoms with Gasteiger partial charge in [-0.05, 0) is 43.6 Å². The SMILES string of the molecule is CCCCOC[C@@H]1C[C@H](CCN2CCOCC2)[C@@H]1C. The Morgan fingerprint density at radius 1 is 1.21 bits per heavy atom. The Morgan fingerprint density at radius 3 is 2.68 bits per heavy atom. The summed E-state index contributed by atoms with van der Waals surface area (Å²) in [6.07, 6.45) is 5.20. The summed E-state index contributed by atoms with van der Waals surface area (Å²) in [5, 5.41) is 0. The molecular weight excluding hydrogens is 238 g/mol. The minimum atomic E-state index is 0.826. The maximum Gasteiger partial charge on any atom is 0.0594 e. The zero-order chi connectivity index (χ0) is 13.5. The van der Waals surface area contributed by atoms with Crippen LogP contribution < -0.4 is 0 Å². The van der Waals surface area contributed by atoms with E-state index in [4.69, 9.17) is 9.47 Å². The third-order valence-corrected chi connectivity index (χ3v) is 4.99. The molecule has 0 N–H and O–H groups in total. The molecule has 3 atom stereocenters. The second-order valence-electron chi connectivity index (χ2n) is 6.29. The van der Waals surface area contributed by atoms with Crippen molar-refractivity contribution in [2.75, 3.05) is 46.1 Å². The van der Waals surface area contributed by atoms with E-state index in [1.54, 1.807) is 0 Å². The number of hydrogen-bond donors (Lipinski definition) is 0. The Balaban J connectivity index is 1.52. The van der Waals surface area contributed by atoms with Gasteiger partial charge in [-0.2, -0.15) is 0 Å². The molecule has 0 amide bonds. The first-order valence-corrected chi connectivity index (χ1v) is 8.19. The van der Waals surface area contributed by atoms with Gasteiger partial charge in [0.1, 0.15) is 0 Å². The predicted octanol–water partition coefficient (Wildman–Crippen LogP) is 2.80. The molecule has 2 fully saturated rings. The highest BCUT2D eigenvalue weighted by atomic mass is 16.5.